The molecule has 1 atom stereocenters. The van der Waals surface area contributed by atoms with Crippen molar-refractivity contribution in [2.24, 2.45) is 11.5 Å². The molecule has 10 heteroatoms. The van der Waals surface area contributed by atoms with Gasteiger partial charge in [0.1, 0.15) is 5.84 Å². The lowest BCUT2D eigenvalue weighted by Crippen LogP contribution is -2.61. The van der Waals surface area contributed by atoms with Crippen LogP contribution in [-0.2, 0) is 27.3 Å². The summed E-state index contributed by atoms with van der Waals surface area (Å²) in [4.78, 5) is 38.4. The number of esters is 1. The van der Waals surface area contributed by atoms with E-state index in [4.69, 9.17) is 21.6 Å². The average Bonchev–Trinajstić information content (AvgIpc) is 2.89. The molecule has 0 aliphatic heterocycles. The highest BCUT2D eigenvalue weighted by Crippen LogP contribution is 2.24. The maximum Gasteiger partial charge on any atom is 0.334 e. The number of carbonyl (C=O) groups excluding carboxylic acids is 3. The lowest BCUT2D eigenvalue weighted by Gasteiger charge is -2.29. The van der Waals surface area contributed by atoms with Crippen LogP contribution < -0.4 is 22.1 Å². The summed E-state index contributed by atoms with van der Waals surface area (Å²) in [6.07, 6.45) is 0.0565. The number of nitrogens with one attached hydrogen (secondary N) is 3. The summed E-state index contributed by atoms with van der Waals surface area (Å²) >= 11 is 0. The third kappa shape index (κ3) is 6.51. The average molecular weight is 526 g/mol. The number of hydrogen-bond acceptors (Lipinski definition) is 7. The van der Waals surface area contributed by atoms with Gasteiger partial charge in [-0.25, -0.2) is 4.79 Å². The van der Waals surface area contributed by atoms with Crippen molar-refractivity contribution >= 4 is 46.7 Å². The third-order valence-corrected chi connectivity index (χ3v) is 6.09. The predicted molar refractivity (Wildman–Crippen MR) is 146 cm³/mol. The molecule has 37 heavy (non-hydrogen) atoms. The Kier molecular flexibility index (Phi) is 10.3. The van der Waals surface area contributed by atoms with E-state index in [2.05, 4.69) is 10.6 Å². The molecule has 196 valence electrons. The van der Waals surface area contributed by atoms with Crippen LogP contribution in [0.3, 0.4) is 0 Å². The number of halogens is 1. The fourth-order valence-corrected chi connectivity index (χ4v) is 4.07. The van der Waals surface area contributed by atoms with Crippen molar-refractivity contribution in [3.05, 3.63) is 82.9 Å². The predicted octanol–water partition coefficient (Wildman–Crippen LogP) is 2.07. The summed E-state index contributed by atoms with van der Waals surface area (Å²) in [5.41, 5.74) is 12.2. The zero-order valence-corrected chi connectivity index (χ0v) is 21.6. The minimum Gasteiger partial charge on any atom is -0.464 e. The van der Waals surface area contributed by atoms with Crippen molar-refractivity contribution in [2.45, 2.75) is 25.4 Å². The first kappa shape index (κ1) is 29.4. The van der Waals surface area contributed by atoms with Crippen molar-refractivity contribution in [3.63, 3.8) is 0 Å². The van der Waals surface area contributed by atoms with E-state index < -0.39 is 17.3 Å². The number of rotatable bonds is 11. The van der Waals surface area contributed by atoms with Gasteiger partial charge in [-0.2, -0.15) is 0 Å². The Morgan fingerprint density at radius 2 is 1.70 bits per heavy atom. The van der Waals surface area contributed by atoms with Crippen molar-refractivity contribution in [1.29, 1.82) is 5.41 Å². The number of ketones is 1. The van der Waals surface area contributed by atoms with Crippen LogP contribution in [0.2, 0.25) is 0 Å². The summed E-state index contributed by atoms with van der Waals surface area (Å²) in [6, 6.07) is 17.9. The maximum absolute atomic E-state index is 13.0. The largest absolute Gasteiger partial charge is 0.464 e. The summed E-state index contributed by atoms with van der Waals surface area (Å²) in [7, 11) is 1.53. The third-order valence-electron chi connectivity index (χ3n) is 6.09. The van der Waals surface area contributed by atoms with Crippen LogP contribution in [-0.4, -0.2) is 49.2 Å². The minimum absolute atomic E-state index is 0. The SMILES string of the molecule is CCOC(=O)C(Cc1ccc2c(C(=O)NCc3ccc(C(=N)N)cc3)cccc2c1)(NC)C(=O)CN.Cl. The van der Waals surface area contributed by atoms with E-state index >= 15 is 0 Å². The van der Waals surface area contributed by atoms with Crippen LogP contribution in [0.5, 0.6) is 0 Å². The van der Waals surface area contributed by atoms with Gasteiger partial charge in [-0.1, -0.05) is 54.6 Å². The van der Waals surface area contributed by atoms with Crippen molar-refractivity contribution < 1.29 is 19.1 Å². The summed E-state index contributed by atoms with van der Waals surface area (Å²) in [6.45, 7) is 1.82. The number of Topliss-reactive ketones (excluding diaryl/α,β-unsaturated/α-hetero) is 1. The first-order chi connectivity index (χ1) is 17.2. The monoisotopic (exact) mass is 525 g/mol. The number of benzene rings is 3. The van der Waals surface area contributed by atoms with E-state index in [-0.39, 0.29) is 43.7 Å². The Labute approximate surface area is 221 Å². The molecule has 0 fully saturated rings. The topological polar surface area (TPSA) is 160 Å². The van der Waals surface area contributed by atoms with Crippen LogP contribution in [0.15, 0.2) is 60.7 Å². The Morgan fingerprint density at radius 1 is 1.03 bits per heavy atom. The number of ether oxygens (including phenoxy) is 1. The summed E-state index contributed by atoms with van der Waals surface area (Å²) in [5, 5.41) is 14.7. The minimum atomic E-state index is -1.59. The van der Waals surface area contributed by atoms with Crippen LogP contribution in [0.25, 0.3) is 10.8 Å². The number of carbonyl (C=O) groups is 3. The molecule has 0 aliphatic rings. The second-order valence-corrected chi connectivity index (χ2v) is 8.33. The molecular formula is C27H32ClN5O4. The smallest absolute Gasteiger partial charge is 0.334 e. The Hall–Kier alpha value is -3.79. The molecular weight excluding hydrogens is 494 g/mol. The highest BCUT2D eigenvalue weighted by Gasteiger charge is 2.45. The molecule has 3 aromatic carbocycles. The van der Waals surface area contributed by atoms with Gasteiger partial charge >= 0.3 is 5.97 Å². The second-order valence-electron chi connectivity index (χ2n) is 8.33. The zero-order valence-electron chi connectivity index (χ0n) is 20.8. The first-order valence-electron chi connectivity index (χ1n) is 11.6. The molecule has 3 rings (SSSR count). The quantitative estimate of drug-likeness (QED) is 0.111. The Bertz CT molecular complexity index is 1300. The van der Waals surface area contributed by atoms with Gasteiger partial charge < -0.3 is 21.5 Å². The fraction of sp³-hybridized carbons (Fsp3) is 0.259. The van der Waals surface area contributed by atoms with E-state index in [1.165, 1.54) is 7.05 Å². The summed E-state index contributed by atoms with van der Waals surface area (Å²) < 4.78 is 5.17. The number of nitrogens with two attached hydrogens (primary N) is 2. The van der Waals surface area contributed by atoms with E-state index in [1.807, 2.05) is 24.3 Å². The van der Waals surface area contributed by atoms with Crippen LogP contribution >= 0.6 is 12.4 Å². The summed E-state index contributed by atoms with van der Waals surface area (Å²) in [5.74, 6) is -1.39. The molecule has 0 spiro atoms. The standard InChI is InChI=1S/C27H31N5O4.ClH/c1-3-36-26(35)27(31-2,23(33)15-28)14-18-9-12-21-20(13-18)5-4-6-22(21)25(34)32-16-17-7-10-19(11-8-17)24(29)30;/h4-13,31H,3,14-16,28H2,1-2H3,(H3,29,30)(H,32,34);1H. The van der Waals surface area contributed by atoms with Crippen LogP contribution in [0.4, 0.5) is 0 Å². The van der Waals surface area contributed by atoms with Gasteiger partial charge in [-0.05, 0) is 41.9 Å². The molecule has 3 aromatic rings. The molecule has 9 nitrogen and oxygen atoms in total. The number of amidine groups is 1. The Morgan fingerprint density at radius 3 is 2.30 bits per heavy atom. The van der Waals surface area contributed by atoms with Crippen molar-refractivity contribution in [3.8, 4) is 0 Å². The number of hydrogen-bond donors (Lipinski definition) is 5. The van der Waals surface area contributed by atoms with Gasteiger partial charge in [0.25, 0.3) is 5.91 Å². The van der Waals surface area contributed by atoms with Gasteiger partial charge in [0.15, 0.2) is 11.3 Å². The van der Waals surface area contributed by atoms with Gasteiger partial charge in [0, 0.05) is 24.1 Å². The number of likely N-dealkylation sites (N-methyl/N-ethyl adjacent to an activating group) is 1. The lowest BCUT2D eigenvalue weighted by molar-refractivity contribution is -0.154. The molecule has 0 radical (unpaired) electrons. The van der Waals surface area contributed by atoms with Gasteiger partial charge in [-0.15, -0.1) is 12.4 Å². The first-order valence-corrected chi connectivity index (χ1v) is 11.6. The van der Waals surface area contributed by atoms with Crippen molar-refractivity contribution in [2.75, 3.05) is 20.2 Å². The van der Waals surface area contributed by atoms with Crippen molar-refractivity contribution in [1.82, 2.24) is 10.6 Å². The molecule has 0 aliphatic carbocycles. The van der Waals surface area contributed by atoms with Crippen LogP contribution in [0, 0.1) is 5.41 Å². The zero-order chi connectivity index (χ0) is 26.3. The fourth-order valence-electron chi connectivity index (χ4n) is 4.07. The molecule has 0 aromatic heterocycles. The van der Waals surface area contributed by atoms with E-state index in [9.17, 15) is 14.4 Å². The van der Waals surface area contributed by atoms with E-state index in [0.29, 0.717) is 17.7 Å². The lowest BCUT2D eigenvalue weighted by atomic mass is 9.85. The van der Waals surface area contributed by atoms with E-state index in [0.717, 1.165) is 21.9 Å². The highest BCUT2D eigenvalue weighted by atomic mass is 35.5. The molecule has 1 amide bonds. The highest BCUT2D eigenvalue weighted by molar-refractivity contribution is 6.10. The van der Waals surface area contributed by atoms with Gasteiger partial charge in [0.05, 0.1) is 13.2 Å². The molecule has 0 bridgehead atoms. The maximum atomic E-state index is 13.0. The normalized spacial score (nSPS) is 12.2. The van der Waals surface area contributed by atoms with Crippen LogP contribution in [0.1, 0.15) is 34.0 Å². The molecule has 7 N–H and O–H groups in total. The van der Waals surface area contributed by atoms with E-state index in [1.54, 1.807) is 43.3 Å². The number of fused-ring (bicyclic) bond motifs is 1. The molecule has 0 saturated carbocycles. The van der Waals surface area contributed by atoms with Gasteiger partial charge in [0.2, 0.25) is 0 Å². The second kappa shape index (κ2) is 13.0. The Balaban J connectivity index is 0.00000481. The molecule has 1 unspecified atom stereocenters. The number of nitrogen functional groups attached to an aromatic ring is 1. The van der Waals surface area contributed by atoms with Gasteiger partial charge in [-0.3, -0.25) is 20.3 Å². The number of amides is 1. The molecule has 0 heterocycles. The molecule has 0 saturated heterocycles.